The maximum absolute atomic E-state index is 8.63. The molecule has 1 atom stereocenters. The lowest BCUT2D eigenvalue weighted by Crippen LogP contribution is -2.22. The molecule has 1 saturated heterocycles. The number of hydrogen-bond donors (Lipinski definition) is 2. The van der Waals surface area contributed by atoms with Gasteiger partial charge in [-0.25, -0.2) is 9.97 Å². The van der Waals surface area contributed by atoms with Crippen LogP contribution in [0, 0.1) is 11.3 Å². The largest absolute Gasteiger partial charge is 0.365 e. The van der Waals surface area contributed by atoms with E-state index in [-0.39, 0.29) is 10.8 Å². The second kappa shape index (κ2) is 4.43. The molecule has 1 aliphatic rings. The Hall–Kier alpha value is -1.38. The van der Waals surface area contributed by atoms with E-state index in [0.717, 1.165) is 19.5 Å². The minimum absolute atomic E-state index is 0.147. The lowest BCUT2D eigenvalue weighted by atomic mass is 10.3. The zero-order valence-electron chi connectivity index (χ0n) is 8.00. The molecule has 1 aliphatic heterocycles. The third-order valence-corrected chi connectivity index (χ3v) is 2.51. The Morgan fingerprint density at radius 3 is 3.13 bits per heavy atom. The number of aromatic nitrogens is 2. The summed E-state index contributed by atoms with van der Waals surface area (Å²) in [4.78, 5) is 7.95. The van der Waals surface area contributed by atoms with Gasteiger partial charge in [-0.3, -0.25) is 0 Å². The van der Waals surface area contributed by atoms with Gasteiger partial charge in [0.1, 0.15) is 11.9 Å². The summed E-state index contributed by atoms with van der Waals surface area (Å²) < 4.78 is 0. The van der Waals surface area contributed by atoms with Crippen molar-refractivity contribution in [1.29, 1.82) is 5.26 Å². The van der Waals surface area contributed by atoms with Crippen LogP contribution in [0.5, 0.6) is 0 Å². The maximum Gasteiger partial charge on any atom is 0.178 e. The van der Waals surface area contributed by atoms with E-state index in [0.29, 0.717) is 11.9 Å². The topological polar surface area (TPSA) is 73.6 Å². The van der Waals surface area contributed by atoms with Crippen LogP contribution in [0.3, 0.4) is 0 Å². The highest BCUT2D eigenvalue weighted by Gasteiger charge is 2.15. The Morgan fingerprint density at radius 2 is 2.53 bits per heavy atom. The summed E-state index contributed by atoms with van der Waals surface area (Å²) in [5, 5.41) is 15.2. The number of nitrogens with one attached hydrogen (secondary N) is 2. The highest BCUT2D eigenvalue weighted by Crippen LogP contribution is 2.14. The first kappa shape index (κ1) is 10.1. The summed E-state index contributed by atoms with van der Waals surface area (Å²) in [7, 11) is 0. The molecule has 2 N–H and O–H groups in total. The van der Waals surface area contributed by atoms with Gasteiger partial charge in [0.05, 0.1) is 6.20 Å². The zero-order valence-corrected chi connectivity index (χ0v) is 8.75. The van der Waals surface area contributed by atoms with Crippen molar-refractivity contribution in [3.8, 4) is 6.07 Å². The molecule has 5 nitrogen and oxygen atoms in total. The standard InChI is InChI=1S/C9H10ClN5/c10-9-7(3-11)13-5-8(15-9)14-6-1-2-12-4-6/h5-6,12H,1-2,4H2,(H,14,15)/t6-/m0/s1. The van der Waals surface area contributed by atoms with E-state index in [1.165, 1.54) is 6.20 Å². The second-order valence-electron chi connectivity index (χ2n) is 3.34. The van der Waals surface area contributed by atoms with Crippen molar-refractivity contribution < 1.29 is 0 Å². The van der Waals surface area contributed by atoms with Gasteiger partial charge >= 0.3 is 0 Å². The molecule has 0 aliphatic carbocycles. The van der Waals surface area contributed by atoms with Gasteiger partial charge in [-0.2, -0.15) is 5.26 Å². The molecule has 0 amide bonds. The van der Waals surface area contributed by atoms with Crippen molar-refractivity contribution in [3.05, 3.63) is 17.0 Å². The predicted molar refractivity (Wildman–Crippen MR) is 56.7 cm³/mol. The summed E-state index contributed by atoms with van der Waals surface area (Å²) >= 11 is 5.76. The normalized spacial score (nSPS) is 19.9. The van der Waals surface area contributed by atoms with Gasteiger partial charge in [-0.1, -0.05) is 11.6 Å². The van der Waals surface area contributed by atoms with Gasteiger partial charge in [0.2, 0.25) is 0 Å². The molecule has 1 aromatic heterocycles. The van der Waals surface area contributed by atoms with E-state index in [1.54, 1.807) is 0 Å². The fourth-order valence-corrected chi connectivity index (χ4v) is 1.68. The van der Waals surface area contributed by atoms with Gasteiger partial charge in [-0.15, -0.1) is 0 Å². The second-order valence-corrected chi connectivity index (χ2v) is 3.70. The fraction of sp³-hybridized carbons (Fsp3) is 0.444. The van der Waals surface area contributed by atoms with Crippen molar-refractivity contribution in [2.24, 2.45) is 0 Å². The van der Waals surface area contributed by atoms with Crippen molar-refractivity contribution in [1.82, 2.24) is 15.3 Å². The molecule has 15 heavy (non-hydrogen) atoms. The molecule has 0 unspecified atom stereocenters. The highest BCUT2D eigenvalue weighted by molar-refractivity contribution is 6.30. The van der Waals surface area contributed by atoms with Crippen LogP contribution in [0.15, 0.2) is 6.20 Å². The molecule has 2 rings (SSSR count). The lowest BCUT2D eigenvalue weighted by molar-refractivity contribution is 0.786. The third kappa shape index (κ3) is 2.35. The monoisotopic (exact) mass is 223 g/mol. The Bertz CT molecular complexity index is 394. The molecule has 0 radical (unpaired) electrons. The van der Waals surface area contributed by atoms with Crippen LogP contribution in [-0.2, 0) is 0 Å². The molecule has 0 bridgehead atoms. The first-order valence-corrected chi connectivity index (χ1v) is 5.07. The number of nitriles is 1. The fourth-order valence-electron chi connectivity index (χ4n) is 1.50. The minimum Gasteiger partial charge on any atom is -0.365 e. The average molecular weight is 224 g/mol. The van der Waals surface area contributed by atoms with E-state index in [9.17, 15) is 0 Å². The van der Waals surface area contributed by atoms with E-state index in [1.807, 2.05) is 6.07 Å². The van der Waals surface area contributed by atoms with Crippen LogP contribution in [0.1, 0.15) is 12.1 Å². The summed E-state index contributed by atoms with van der Waals surface area (Å²) in [5.74, 6) is 0.618. The zero-order chi connectivity index (χ0) is 10.7. The van der Waals surface area contributed by atoms with Crippen LogP contribution in [0.2, 0.25) is 5.15 Å². The molecule has 0 aromatic carbocycles. The number of nitrogens with zero attached hydrogens (tertiary/aromatic N) is 3. The van der Waals surface area contributed by atoms with E-state index >= 15 is 0 Å². The molecular weight excluding hydrogens is 214 g/mol. The van der Waals surface area contributed by atoms with Gasteiger partial charge in [0, 0.05) is 12.6 Å². The molecule has 6 heteroatoms. The third-order valence-electron chi connectivity index (χ3n) is 2.25. The van der Waals surface area contributed by atoms with Crippen molar-refractivity contribution >= 4 is 17.4 Å². The summed E-state index contributed by atoms with van der Waals surface area (Å²) in [6.45, 7) is 1.93. The number of anilines is 1. The van der Waals surface area contributed by atoms with Gasteiger partial charge in [0.15, 0.2) is 10.8 Å². The van der Waals surface area contributed by atoms with Crippen LogP contribution < -0.4 is 10.6 Å². The average Bonchev–Trinajstić information content (AvgIpc) is 2.71. The molecule has 1 aromatic rings. The summed E-state index contributed by atoms with van der Waals surface area (Å²) in [6, 6.07) is 2.23. The summed E-state index contributed by atoms with van der Waals surface area (Å²) in [6.07, 6.45) is 2.59. The first-order valence-electron chi connectivity index (χ1n) is 4.69. The molecule has 2 heterocycles. The van der Waals surface area contributed by atoms with Crippen molar-refractivity contribution in [3.63, 3.8) is 0 Å². The van der Waals surface area contributed by atoms with E-state index in [4.69, 9.17) is 16.9 Å². The smallest absolute Gasteiger partial charge is 0.178 e. The van der Waals surface area contributed by atoms with Gasteiger partial charge < -0.3 is 10.6 Å². The summed E-state index contributed by atoms with van der Waals surface area (Å²) in [5.41, 5.74) is 0.159. The number of rotatable bonds is 2. The number of hydrogen-bond acceptors (Lipinski definition) is 5. The lowest BCUT2D eigenvalue weighted by Gasteiger charge is -2.11. The highest BCUT2D eigenvalue weighted by atomic mass is 35.5. The van der Waals surface area contributed by atoms with Crippen LogP contribution in [-0.4, -0.2) is 29.1 Å². The Kier molecular flexibility index (Phi) is 2.99. The molecule has 1 fully saturated rings. The molecular formula is C9H10ClN5. The van der Waals surface area contributed by atoms with Crippen LogP contribution in [0.25, 0.3) is 0 Å². The van der Waals surface area contributed by atoms with E-state index < -0.39 is 0 Å². The molecule has 78 valence electrons. The van der Waals surface area contributed by atoms with Crippen molar-refractivity contribution in [2.45, 2.75) is 12.5 Å². The first-order chi connectivity index (χ1) is 7.29. The molecule has 0 saturated carbocycles. The SMILES string of the molecule is N#Cc1ncc(N[C@H]2CCNC2)nc1Cl. The molecule has 0 spiro atoms. The maximum atomic E-state index is 8.63. The Labute approximate surface area is 92.5 Å². The minimum atomic E-state index is 0.147. The van der Waals surface area contributed by atoms with E-state index in [2.05, 4.69) is 20.6 Å². The predicted octanol–water partition coefficient (Wildman–Crippen LogP) is 0.775. The van der Waals surface area contributed by atoms with Crippen LogP contribution in [0.4, 0.5) is 5.82 Å². The quantitative estimate of drug-likeness (QED) is 0.775. The van der Waals surface area contributed by atoms with Crippen molar-refractivity contribution in [2.75, 3.05) is 18.4 Å². The van der Waals surface area contributed by atoms with Crippen LogP contribution >= 0.6 is 11.6 Å². The number of halogens is 1. The van der Waals surface area contributed by atoms with Gasteiger partial charge in [0.25, 0.3) is 0 Å². The Balaban J connectivity index is 2.09. The van der Waals surface area contributed by atoms with Gasteiger partial charge in [-0.05, 0) is 13.0 Å². The Morgan fingerprint density at radius 1 is 1.67 bits per heavy atom.